The molecule has 0 aliphatic carbocycles. The zero-order valence-corrected chi connectivity index (χ0v) is 11.1. The number of nitrogens with one attached hydrogen (secondary N) is 1. The van der Waals surface area contributed by atoms with Gasteiger partial charge in [-0.2, -0.15) is 0 Å². The number of hydrogen-bond donors (Lipinski definition) is 1. The van der Waals surface area contributed by atoms with E-state index in [1.807, 2.05) is 25.1 Å². The lowest BCUT2D eigenvalue weighted by atomic mass is 10.0. The molecule has 2 nitrogen and oxygen atoms in total. The smallest absolute Gasteiger partial charge is 0.119 e. The predicted molar refractivity (Wildman–Crippen MR) is 71.9 cm³/mol. The molecule has 17 heavy (non-hydrogen) atoms. The Kier molecular flexibility index (Phi) is 4.69. The van der Waals surface area contributed by atoms with E-state index in [4.69, 9.17) is 16.3 Å². The van der Waals surface area contributed by atoms with E-state index in [2.05, 4.69) is 5.32 Å². The first-order valence-electron chi connectivity index (χ1n) is 6.38. The third-order valence-corrected chi connectivity index (χ3v) is 3.70. The molecule has 1 aliphatic rings. The Morgan fingerprint density at radius 2 is 2.29 bits per heavy atom. The molecule has 1 saturated heterocycles. The van der Waals surface area contributed by atoms with Crippen LogP contribution in [0.2, 0.25) is 5.02 Å². The van der Waals surface area contributed by atoms with E-state index in [9.17, 15) is 0 Å². The third kappa shape index (κ3) is 3.90. The van der Waals surface area contributed by atoms with Crippen LogP contribution in [0.15, 0.2) is 18.2 Å². The molecule has 0 radical (unpaired) electrons. The summed E-state index contributed by atoms with van der Waals surface area (Å²) < 4.78 is 5.75. The van der Waals surface area contributed by atoms with Crippen molar-refractivity contribution in [1.82, 2.24) is 5.32 Å². The number of ether oxygens (including phenoxy) is 1. The van der Waals surface area contributed by atoms with E-state index in [0.29, 0.717) is 6.04 Å². The van der Waals surface area contributed by atoms with Gasteiger partial charge in [-0.05, 0) is 56.5 Å². The summed E-state index contributed by atoms with van der Waals surface area (Å²) in [5.74, 6) is 0.919. The predicted octanol–water partition coefficient (Wildman–Crippen LogP) is 3.56. The maximum Gasteiger partial charge on any atom is 0.119 e. The molecule has 1 N–H and O–H groups in total. The van der Waals surface area contributed by atoms with Crippen molar-refractivity contribution >= 4 is 11.6 Å². The average molecular weight is 254 g/mol. The Morgan fingerprint density at radius 1 is 1.41 bits per heavy atom. The standard InChI is InChI=1S/C14H20ClNO/c1-11-10-13(5-6-14(11)15)17-9-7-12-4-2-3-8-16-12/h5-6,10,12,16H,2-4,7-9H2,1H3. The van der Waals surface area contributed by atoms with Gasteiger partial charge in [-0.3, -0.25) is 0 Å². The molecule has 94 valence electrons. The summed E-state index contributed by atoms with van der Waals surface area (Å²) in [4.78, 5) is 0. The average Bonchev–Trinajstić information content (AvgIpc) is 2.35. The summed E-state index contributed by atoms with van der Waals surface area (Å²) >= 11 is 5.97. The topological polar surface area (TPSA) is 21.3 Å². The second-order valence-electron chi connectivity index (χ2n) is 4.69. The monoisotopic (exact) mass is 253 g/mol. The van der Waals surface area contributed by atoms with Gasteiger partial charge in [0.2, 0.25) is 0 Å². The molecule has 1 heterocycles. The van der Waals surface area contributed by atoms with Crippen LogP contribution in [0.5, 0.6) is 5.75 Å². The fourth-order valence-electron chi connectivity index (χ4n) is 2.20. The SMILES string of the molecule is Cc1cc(OCCC2CCCCN2)ccc1Cl. The summed E-state index contributed by atoms with van der Waals surface area (Å²) in [5.41, 5.74) is 1.07. The van der Waals surface area contributed by atoms with Gasteiger partial charge in [-0.1, -0.05) is 18.0 Å². The number of rotatable bonds is 4. The van der Waals surface area contributed by atoms with E-state index in [1.54, 1.807) is 0 Å². The lowest BCUT2D eigenvalue weighted by molar-refractivity contribution is 0.268. The van der Waals surface area contributed by atoms with Crippen LogP contribution in [0.25, 0.3) is 0 Å². The molecule has 2 rings (SSSR count). The summed E-state index contributed by atoms with van der Waals surface area (Å²) in [6.07, 6.45) is 5.02. The van der Waals surface area contributed by atoms with Crippen LogP contribution in [0.1, 0.15) is 31.2 Å². The molecule has 3 heteroatoms. The first kappa shape index (κ1) is 12.7. The fraction of sp³-hybridized carbons (Fsp3) is 0.571. The van der Waals surface area contributed by atoms with Gasteiger partial charge in [0.15, 0.2) is 0 Å². The van der Waals surface area contributed by atoms with Crippen molar-refractivity contribution in [3.63, 3.8) is 0 Å². The van der Waals surface area contributed by atoms with Crippen LogP contribution in [0.4, 0.5) is 0 Å². The quantitative estimate of drug-likeness (QED) is 0.886. The minimum absolute atomic E-state index is 0.636. The van der Waals surface area contributed by atoms with Gasteiger partial charge < -0.3 is 10.1 Å². The number of hydrogen-bond acceptors (Lipinski definition) is 2. The Morgan fingerprint density at radius 3 is 3.00 bits per heavy atom. The lowest BCUT2D eigenvalue weighted by Gasteiger charge is -2.23. The van der Waals surface area contributed by atoms with E-state index >= 15 is 0 Å². The summed E-state index contributed by atoms with van der Waals surface area (Å²) in [5, 5.41) is 4.32. The van der Waals surface area contributed by atoms with Gasteiger partial charge in [0.05, 0.1) is 6.61 Å². The minimum Gasteiger partial charge on any atom is -0.494 e. The maximum atomic E-state index is 5.97. The highest BCUT2D eigenvalue weighted by atomic mass is 35.5. The second kappa shape index (κ2) is 6.27. The van der Waals surface area contributed by atoms with Crippen LogP contribution in [0.3, 0.4) is 0 Å². The molecule has 0 saturated carbocycles. The van der Waals surface area contributed by atoms with Crippen LogP contribution in [0, 0.1) is 6.92 Å². The molecule has 0 spiro atoms. The lowest BCUT2D eigenvalue weighted by Crippen LogP contribution is -2.35. The molecule has 1 aliphatic heterocycles. The van der Waals surface area contributed by atoms with E-state index in [1.165, 1.54) is 19.3 Å². The number of halogens is 1. The molecule has 1 unspecified atom stereocenters. The largest absolute Gasteiger partial charge is 0.494 e. The fourth-order valence-corrected chi connectivity index (χ4v) is 2.31. The summed E-state index contributed by atoms with van der Waals surface area (Å²) in [6.45, 7) is 3.93. The zero-order valence-electron chi connectivity index (χ0n) is 10.3. The van der Waals surface area contributed by atoms with Gasteiger partial charge in [-0.15, -0.1) is 0 Å². The molecule has 1 aromatic rings. The first-order valence-corrected chi connectivity index (χ1v) is 6.76. The van der Waals surface area contributed by atoms with Gasteiger partial charge in [0.25, 0.3) is 0 Å². The highest BCUT2D eigenvalue weighted by Gasteiger charge is 2.12. The van der Waals surface area contributed by atoms with Gasteiger partial charge >= 0.3 is 0 Å². The van der Waals surface area contributed by atoms with Gasteiger partial charge in [-0.25, -0.2) is 0 Å². The highest BCUT2D eigenvalue weighted by Crippen LogP contribution is 2.21. The highest BCUT2D eigenvalue weighted by molar-refractivity contribution is 6.31. The molecule has 1 fully saturated rings. The molecule has 0 aromatic heterocycles. The van der Waals surface area contributed by atoms with Crippen LogP contribution < -0.4 is 10.1 Å². The Hall–Kier alpha value is -0.730. The van der Waals surface area contributed by atoms with Crippen LogP contribution >= 0.6 is 11.6 Å². The van der Waals surface area contributed by atoms with Crippen molar-refractivity contribution in [3.05, 3.63) is 28.8 Å². The summed E-state index contributed by atoms with van der Waals surface area (Å²) in [6, 6.07) is 6.46. The van der Waals surface area contributed by atoms with Crippen LogP contribution in [-0.4, -0.2) is 19.2 Å². The number of benzene rings is 1. The number of piperidine rings is 1. The van der Waals surface area contributed by atoms with Crippen LogP contribution in [-0.2, 0) is 0 Å². The third-order valence-electron chi connectivity index (χ3n) is 3.28. The zero-order chi connectivity index (χ0) is 12.1. The van der Waals surface area contributed by atoms with Gasteiger partial charge in [0.1, 0.15) is 5.75 Å². The van der Waals surface area contributed by atoms with Crippen molar-refractivity contribution in [2.45, 2.75) is 38.6 Å². The molecular weight excluding hydrogens is 234 g/mol. The normalized spacial score (nSPS) is 20.2. The van der Waals surface area contributed by atoms with Crippen molar-refractivity contribution in [2.24, 2.45) is 0 Å². The van der Waals surface area contributed by atoms with Gasteiger partial charge in [0, 0.05) is 11.1 Å². The number of aryl methyl sites for hydroxylation is 1. The minimum atomic E-state index is 0.636. The van der Waals surface area contributed by atoms with Crippen molar-refractivity contribution in [3.8, 4) is 5.75 Å². The molecule has 0 bridgehead atoms. The maximum absolute atomic E-state index is 5.97. The molecular formula is C14H20ClNO. The van der Waals surface area contributed by atoms with Crippen molar-refractivity contribution < 1.29 is 4.74 Å². The molecule has 1 aromatic carbocycles. The molecule has 1 atom stereocenters. The Bertz CT molecular complexity index is 361. The Balaban J connectivity index is 1.75. The second-order valence-corrected chi connectivity index (χ2v) is 5.10. The molecule has 0 amide bonds. The van der Waals surface area contributed by atoms with Crippen molar-refractivity contribution in [2.75, 3.05) is 13.2 Å². The van der Waals surface area contributed by atoms with E-state index in [0.717, 1.165) is 35.9 Å². The first-order chi connectivity index (χ1) is 8.25. The van der Waals surface area contributed by atoms with E-state index in [-0.39, 0.29) is 0 Å². The Labute approximate surface area is 108 Å². The summed E-state index contributed by atoms with van der Waals surface area (Å²) in [7, 11) is 0. The van der Waals surface area contributed by atoms with Crippen molar-refractivity contribution in [1.29, 1.82) is 0 Å². The van der Waals surface area contributed by atoms with E-state index < -0.39 is 0 Å².